The van der Waals surface area contributed by atoms with E-state index in [2.05, 4.69) is 10.6 Å². The topological polar surface area (TPSA) is 70.7 Å². The van der Waals surface area contributed by atoms with Crippen molar-refractivity contribution in [1.29, 1.82) is 0 Å². The summed E-state index contributed by atoms with van der Waals surface area (Å²) in [6.45, 7) is 1.34. The maximum atomic E-state index is 12.2. The molecule has 6 heteroatoms. The highest BCUT2D eigenvalue weighted by Gasteiger charge is 2.08. The third kappa shape index (κ3) is 6.22. The van der Waals surface area contributed by atoms with Crippen LogP contribution in [-0.4, -0.2) is 51.0 Å². The average molecular weight is 355 g/mol. The third-order valence-corrected chi connectivity index (χ3v) is 3.78. The van der Waals surface area contributed by atoms with Gasteiger partial charge in [-0.25, -0.2) is 0 Å². The zero-order chi connectivity index (χ0) is 18.9. The summed E-state index contributed by atoms with van der Waals surface area (Å²) in [5, 5.41) is 5.69. The number of likely N-dealkylation sites (N-methyl/N-ethyl adjacent to an activating group) is 1. The van der Waals surface area contributed by atoms with Crippen LogP contribution in [0.1, 0.15) is 15.9 Å². The Bertz CT molecular complexity index is 742. The Hall–Kier alpha value is -2.86. The Morgan fingerprint density at radius 3 is 2.46 bits per heavy atom. The first kappa shape index (κ1) is 19.5. The van der Waals surface area contributed by atoms with Gasteiger partial charge in [0.1, 0.15) is 5.75 Å². The Morgan fingerprint density at radius 1 is 1.08 bits per heavy atom. The summed E-state index contributed by atoms with van der Waals surface area (Å²) in [6.07, 6.45) is 0.253. The van der Waals surface area contributed by atoms with E-state index in [1.165, 1.54) is 0 Å². The van der Waals surface area contributed by atoms with Crippen molar-refractivity contribution < 1.29 is 14.3 Å². The van der Waals surface area contributed by atoms with E-state index in [0.29, 0.717) is 17.8 Å². The van der Waals surface area contributed by atoms with Gasteiger partial charge in [0, 0.05) is 24.3 Å². The molecule has 0 fully saturated rings. The number of benzene rings is 2. The van der Waals surface area contributed by atoms with Crippen LogP contribution in [0.3, 0.4) is 0 Å². The van der Waals surface area contributed by atoms with Gasteiger partial charge in [-0.2, -0.15) is 0 Å². The molecule has 2 amide bonds. The van der Waals surface area contributed by atoms with Crippen molar-refractivity contribution in [3.63, 3.8) is 0 Å². The average Bonchev–Trinajstić information content (AvgIpc) is 2.62. The molecule has 138 valence electrons. The van der Waals surface area contributed by atoms with Crippen LogP contribution in [0.5, 0.6) is 5.75 Å². The number of ether oxygens (including phenoxy) is 1. The van der Waals surface area contributed by atoms with Crippen LogP contribution in [0.2, 0.25) is 0 Å². The van der Waals surface area contributed by atoms with Gasteiger partial charge in [-0.3, -0.25) is 9.59 Å². The molecule has 0 unspecified atom stereocenters. The predicted molar refractivity (Wildman–Crippen MR) is 103 cm³/mol. The third-order valence-electron chi connectivity index (χ3n) is 3.78. The molecule has 0 saturated carbocycles. The smallest absolute Gasteiger partial charge is 0.251 e. The number of carbonyl (C=O) groups is 2. The van der Waals surface area contributed by atoms with Crippen molar-refractivity contribution >= 4 is 17.5 Å². The highest BCUT2D eigenvalue weighted by atomic mass is 16.5. The molecule has 0 saturated heterocycles. The fourth-order valence-corrected chi connectivity index (χ4v) is 2.37. The molecule has 0 heterocycles. The van der Waals surface area contributed by atoms with Crippen LogP contribution < -0.4 is 15.4 Å². The van der Waals surface area contributed by atoms with Crippen LogP contribution in [-0.2, 0) is 11.2 Å². The van der Waals surface area contributed by atoms with Gasteiger partial charge < -0.3 is 20.3 Å². The number of anilines is 1. The summed E-state index contributed by atoms with van der Waals surface area (Å²) in [7, 11) is 5.50. The lowest BCUT2D eigenvalue weighted by atomic mass is 10.1. The zero-order valence-corrected chi connectivity index (χ0v) is 15.4. The lowest BCUT2D eigenvalue weighted by molar-refractivity contribution is -0.115. The number of rotatable bonds is 8. The minimum absolute atomic E-state index is 0.139. The first-order chi connectivity index (χ1) is 12.5. The van der Waals surface area contributed by atoms with Gasteiger partial charge in [0.05, 0.1) is 13.5 Å². The van der Waals surface area contributed by atoms with Crippen molar-refractivity contribution in [1.82, 2.24) is 10.2 Å². The summed E-state index contributed by atoms with van der Waals surface area (Å²) in [6, 6.07) is 14.3. The van der Waals surface area contributed by atoms with Gasteiger partial charge in [-0.15, -0.1) is 0 Å². The molecular formula is C20H25N3O3. The molecule has 0 bridgehead atoms. The normalized spacial score (nSPS) is 10.5. The molecule has 0 aromatic heterocycles. The van der Waals surface area contributed by atoms with E-state index in [0.717, 1.165) is 17.9 Å². The molecule has 0 aliphatic carbocycles. The van der Waals surface area contributed by atoms with Crippen molar-refractivity contribution in [2.75, 3.05) is 39.6 Å². The Morgan fingerprint density at radius 2 is 1.81 bits per heavy atom. The van der Waals surface area contributed by atoms with Gasteiger partial charge in [-0.1, -0.05) is 18.2 Å². The van der Waals surface area contributed by atoms with Gasteiger partial charge >= 0.3 is 0 Å². The maximum Gasteiger partial charge on any atom is 0.251 e. The first-order valence-electron chi connectivity index (χ1n) is 8.43. The van der Waals surface area contributed by atoms with E-state index < -0.39 is 0 Å². The summed E-state index contributed by atoms with van der Waals surface area (Å²) in [4.78, 5) is 26.4. The molecular weight excluding hydrogens is 330 g/mol. The SMILES string of the molecule is COc1ccc(CC(=O)Nc2cccc(C(=O)NCCN(C)C)c2)cc1. The van der Waals surface area contributed by atoms with Gasteiger partial charge in [0.15, 0.2) is 0 Å². The molecule has 0 atom stereocenters. The molecule has 2 rings (SSSR count). The Kier molecular flexibility index (Phi) is 7.17. The van der Waals surface area contributed by atoms with Crippen molar-refractivity contribution in [2.45, 2.75) is 6.42 Å². The number of hydrogen-bond donors (Lipinski definition) is 2. The highest BCUT2D eigenvalue weighted by molar-refractivity contribution is 5.97. The van der Waals surface area contributed by atoms with E-state index in [-0.39, 0.29) is 18.2 Å². The van der Waals surface area contributed by atoms with E-state index in [9.17, 15) is 9.59 Å². The standard InChI is InChI=1S/C20H25N3O3/c1-23(2)12-11-21-20(25)16-5-4-6-17(14-16)22-19(24)13-15-7-9-18(26-3)10-8-15/h4-10,14H,11-13H2,1-3H3,(H,21,25)(H,22,24). The lowest BCUT2D eigenvalue weighted by Gasteiger charge is -2.11. The largest absolute Gasteiger partial charge is 0.497 e. The molecule has 2 aromatic carbocycles. The Balaban J connectivity index is 1.92. The van der Waals surface area contributed by atoms with Gasteiger partial charge in [0.25, 0.3) is 5.91 Å². The maximum absolute atomic E-state index is 12.2. The first-order valence-corrected chi connectivity index (χ1v) is 8.43. The minimum Gasteiger partial charge on any atom is -0.497 e. The van der Waals surface area contributed by atoms with Crippen LogP contribution >= 0.6 is 0 Å². The summed E-state index contributed by atoms with van der Waals surface area (Å²) >= 11 is 0. The highest BCUT2D eigenvalue weighted by Crippen LogP contribution is 2.14. The lowest BCUT2D eigenvalue weighted by Crippen LogP contribution is -2.31. The second-order valence-electron chi connectivity index (χ2n) is 6.21. The van der Waals surface area contributed by atoms with Gasteiger partial charge in [-0.05, 0) is 50.0 Å². The fraction of sp³-hybridized carbons (Fsp3) is 0.300. The van der Waals surface area contributed by atoms with Crippen LogP contribution in [0.4, 0.5) is 5.69 Å². The molecule has 0 radical (unpaired) electrons. The molecule has 2 aromatic rings. The van der Waals surface area contributed by atoms with Gasteiger partial charge in [0.2, 0.25) is 5.91 Å². The van der Waals surface area contributed by atoms with Crippen molar-refractivity contribution in [2.24, 2.45) is 0 Å². The fourth-order valence-electron chi connectivity index (χ4n) is 2.37. The molecule has 0 spiro atoms. The Labute approximate surface area is 154 Å². The number of carbonyl (C=O) groups excluding carboxylic acids is 2. The number of amides is 2. The van der Waals surface area contributed by atoms with E-state index in [1.54, 1.807) is 31.4 Å². The molecule has 0 aliphatic heterocycles. The zero-order valence-electron chi connectivity index (χ0n) is 15.4. The second kappa shape index (κ2) is 9.58. The van der Waals surface area contributed by atoms with Crippen molar-refractivity contribution in [3.05, 3.63) is 59.7 Å². The van der Waals surface area contributed by atoms with E-state index >= 15 is 0 Å². The molecule has 6 nitrogen and oxygen atoms in total. The van der Waals surface area contributed by atoms with E-state index in [4.69, 9.17) is 4.74 Å². The van der Waals surface area contributed by atoms with E-state index in [1.807, 2.05) is 43.3 Å². The number of methoxy groups -OCH3 is 1. The predicted octanol–water partition coefficient (Wildman–Crippen LogP) is 2.17. The molecule has 2 N–H and O–H groups in total. The summed E-state index contributed by atoms with van der Waals surface area (Å²) in [5.41, 5.74) is 2.01. The van der Waals surface area contributed by atoms with Crippen LogP contribution in [0.15, 0.2) is 48.5 Å². The summed E-state index contributed by atoms with van der Waals surface area (Å²) < 4.78 is 5.11. The van der Waals surface area contributed by atoms with Crippen LogP contribution in [0.25, 0.3) is 0 Å². The number of nitrogens with zero attached hydrogens (tertiary/aromatic N) is 1. The summed E-state index contributed by atoms with van der Waals surface area (Å²) in [5.74, 6) is 0.459. The second-order valence-corrected chi connectivity index (χ2v) is 6.21. The quantitative estimate of drug-likeness (QED) is 0.761. The van der Waals surface area contributed by atoms with Crippen molar-refractivity contribution in [3.8, 4) is 5.75 Å². The molecule has 26 heavy (non-hydrogen) atoms. The monoisotopic (exact) mass is 355 g/mol. The molecule has 0 aliphatic rings. The number of nitrogens with one attached hydrogen (secondary N) is 2. The number of hydrogen-bond acceptors (Lipinski definition) is 4. The van der Waals surface area contributed by atoms with Crippen LogP contribution in [0, 0.1) is 0 Å². The minimum atomic E-state index is -0.155.